The first-order valence-electron chi connectivity index (χ1n) is 10.8. The number of para-hydroxylation sites is 4. The predicted molar refractivity (Wildman–Crippen MR) is 127 cm³/mol. The Morgan fingerprint density at radius 1 is 1.03 bits per heavy atom. The Balaban J connectivity index is 0.000000385. The SMILES string of the molecule is CCN1c2ccccc2[N+](CC)=c2cc3c(cc21)=Nc1ccccc1[NH+]3C.COS(=O)(=O)[O-]. The number of hydrogen-bond donors (Lipinski definition) is 1. The lowest BCUT2D eigenvalue weighted by molar-refractivity contribution is -0.736. The van der Waals surface area contributed by atoms with Crippen LogP contribution in [0, 0.1) is 0 Å². The van der Waals surface area contributed by atoms with Gasteiger partial charge in [-0.3, -0.25) is 9.08 Å². The Labute approximate surface area is 193 Å². The summed E-state index contributed by atoms with van der Waals surface area (Å²) in [5.41, 5.74) is 7.32. The summed E-state index contributed by atoms with van der Waals surface area (Å²) in [4.78, 5) is 8.68. The molecule has 0 saturated carbocycles. The molecular formula is C24H27N4O4S+. The molecule has 33 heavy (non-hydrogen) atoms. The Hall–Kier alpha value is -3.11. The molecule has 2 heterocycles. The molecule has 3 aromatic rings. The summed E-state index contributed by atoms with van der Waals surface area (Å²) in [5, 5.41) is 2.34. The van der Waals surface area contributed by atoms with Gasteiger partial charge in [0.1, 0.15) is 29.0 Å². The molecule has 5 rings (SSSR count). The third-order valence-corrected chi connectivity index (χ3v) is 6.34. The Morgan fingerprint density at radius 3 is 2.36 bits per heavy atom. The van der Waals surface area contributed by atoms with Crippen LogP contribution in [-0.2, 0) is 14.6 Å². The number of nitrogens with one attached hydrogen (secondary N) is 1. The molecule has 0 amide bonds. The quantitative estimate of drug-likeness (QED) is 0.361. The van der Waals surface area contributed by atoms with E-state index in [-0.39, 0.29) is 0 Å². The van der Waals surface area contributed by atoms with E-state index in [2.05, 4.69) is 95.2 Å². The Morgan fingerprint density at radius 2 is 1.70 bits per heavy atom. The highest BCUT2D eigenvalue weighted by Crippen LogP contribution is 2.34. The van der Waals surface area contributed by atoms with Gasteiger partial charge < -0.3 is 9.45 Å². The maximum atomic E-state index is 9.22. The number of quaternary nitrogens is 1. The minimum absolute atomic E-state index is 0.808. The lowest BCUT2D eigenvalue weighted by Gasteiger charge is -2.28. The molecule has 172 valence electrons. The molecule has 1 N–H and O–H groups in total. The molecule has 0 radical (unpaired) electrons. The van der Waals surface area contributed by atoms with Crippen LogP contribution in [0.2, 0.25) is 0 Å². The van der Waals surface area contributed by atoms with E-state index >= 15 is 0 Å². The van der Waals surface area contributed by atoms with Crippen LogP contribution >= 0.6 is 0 Å². The maximum absolute atomic E-state index is 9.22. The minimum atomic E-state index is -4.41. The number of anilines is 2. The fraction of sp³-hybridized carbons (Fsp3) is 0.250. The zero-order valence-electron chi connectivity index (χ0n) is 19.1. The van der Waals surface area contributed by atoms with Crippen LogP contribution in [-0.4, -0.2) is 40.2 Å². The number of rotatable bonds is 3. The van der Waals surface area contributed by atoms with E-state index in [1.807, 2.05) is 0 Å². The van der Waals surface area contributed by atoms with Crippen molar-refractivity contribution in [3.63, 3.8) is 0 Å². The fourth-order valence-electron chi connectivity index (χ4n) is 4.42. The van der Waals surface area contributed by atoms with Crippen molar-refractivity contribution in [1.82, 2.24) is 4.58 Å². The van der Waals surface area contributed by atoms with Crippen LogP contribution < -0.4 is 25.1 Å². The first-order chi connectivity index (χ1) is 15.8. The van der Waals surface area contributed by atoms with Crippen molar-refractivity contribution >= 4 is 44.5 Å². The van der Waals surface area contributed by atoms with Crippen LogP contribution in [0.3, 0.4) is 0 Å². The van der Waals surface area contributed by atoms with Crippen LogP contribution in [0.15, 0.2) is 65.7 Å². The second-order valence-electron chi connectivity index (χ2n) is 7.66. The summed E-state index contributed by atoms with van der Waals surface area (Å²) in [6.45, 7) is 6.30. The van der Waals surface area contributed by atoms with Crippen molar-refractivity contribution in [3.05, 3.63) is 71.4 Å². The number of benzene rings is 3. The number of nitrogens with zero attached hydrogens (tertiary/aromatic N) is 3. The van der Waals surface area contributed by atoms with Crippen LogP contribution in [0.1, 0.15) is 13.8 Å². The molecule has 0 spiro atoms. The minimum Gasteiger partial charge on any atom is -0.726 e. The summed E-state index contributed by atoms with van der Waals surface area (Å²) in [6, 6.07) is 21.7. The Kier molecular flexibility index (Phi) is 6.31. The highest BCUT2D eigenvalue weighted by molar-refractivity contribution is 7.80. The molecule has 9 heteroatoms. The highest BCUT2D eigenvalue weighted by Gasteiger charge is 2.31. The van der Waals surface area contributed by atoms with Crippen molar-refractivity contribution < 1.29 is 22.1 Å². The first kappa shape index (κ1) is 23.1. The van der Waals surface area contributed by atoms with E-state index < -0.39 is 10.4 Å². The van der Waals surface area contributed by atoms with Gasteiger partial charge in [0.25, 0.3) is 0 Å². The van der Waals surface area contributed by atoms with Gasteiger partial charge in [0.2, 0.25) is 21.4 Å². The molecule has 0 aliphatic carbocycles. The zero-order chi connectivity index (χ0) is 23.8. The molecule has 2 aliphatic heterocycles. The van der Waals surface area contributed by atoms with Crippen molar-refractivity contribution in [2.24, 2.45) is 4.99 Å². The monoisotopic (exact) mass is 467 g/mol. The molecule has 8 nitrogen and oxygen atoms in total. The third kappa shape index (κ3) is 4.28. The predicted octanol–water partition coefficient (Wildman–Crippen LogP) is 1.84. The van der Waals surface area contributed by atoms with Crippen molar-refractivity contribution in [2.45, 2.75) is 13.8 Å². The fourth-order valence-corrected chi connectivity index (χ4v) is 4.42. The molecule has 2 aliphatic rings. The van der Waals surface area contributed by atoms with Crippen molar-refractivity contribution in [1.29, 1.82) is 0 Å². The summed E-state index contributed by atoms with van der Waals surface area (Å²) >= 11 is 0. The smallest absolute Gasteiger partial charge is 0.235 e. The average molecular weight is 468 g/mol. The van der Waals surface area contributed by atoms with Crippen LogP contribution in [0.4, 0.5) is 34.1 Å². The molecule has 0 aromatic heterocycles. The van der Waals surface area contributed by atoms with E-state index in [9.17, 15) is 13.0 Å². The van der Waals surface area contributed by atoms with E-state index in [4.69, 9.17) is 4.99 Å². The van der Waals surface area contributed by atoms with Gasteiger partial charge in [0.15, 0.2) is 11.4 Å². The van der Waals surface area contributed by atoms with Gasteiger partial charge >= 0.3 is 0 Å². The molecule has 0 bridgehead atoms. The van der Waals surface area contributed by atoms with E-state index in [0.29, 0.717) is 0 Å². The standard InChI is InChI=1S/C23H23N4.CH4O4S/c1-4-26-19-12-8-9-13-20(19)27(5-2)23-15-21-17(14-22(23)26)24-16-10-6-7-11-18(16)25(21)3;1-5-6(2,3)4/h6-15H,4-5H2,1-3H3;1H3,(H,2,3,4)/q+1;. The Bertz CT molecular complexity index is 1440. The number of fused-ring (bicyclic) bond motifs is 4. The summed E-state index contributed by atoms with van der Waals surface area (Å²) < 4.78 is 33.4. The average Bonchev–Trinajstić information content (AvgIpc) is 2.82. The van der Waals surface area contributed by atoms with Crippen molar-refractivity contribution in [3.8, 4) is 0 Å². The summed E-state index contributed by atoms with van der Waals surface area (Å²) in [7, 11) is -1.39. The van der Waals surface area contributed by atoms with Crippen molar-refractivity contribution in [2.75, 3.05) is 32.1 Å². The molecular weight excluding hydrogens is 440 g/mol. The van der Waals surface area contributed by atoms with Gasteiger partial charge in [0.05, 0.1) is 20.2 Å². The molecule has 3 aromatic carbocycles. The second-order valence-corrected chi connectivity index (χ2v) is 8.81. The highest BCUT2D eigenvalue weighted by atomic mass is 32.3. The van der Waals surface area contributed by atoms with E-state index in [1.165, 1.54) is 38.7 Å². The van der Waals surface area contributed by atoms with Gasteiger partial charge in [-0.25, -0.2) is 13.4 Å². The number of hydrogen-bond acceptors (Lipinski definition) is 6. The third-order valence-electron chi connectivity index (χ3n) is 5.93. The largest absolute Gasteiger partial charge is 0.726 e. The lowest BCUT2D eigenvalue weighted by atomic mass is 10.1. The van der Waals surface area contributed by atoms with E-state index in [1.54, 1.807) is 0 Å². The maximum Gasteiger partial charge on any atom is 0.235 e. The van der Waals surface area contributed by atoms with Gasteiger partial charge in [-0.05, 0) is 26.0 Å². The molecule has 0 fully saturated rings. The summed E-state index contributed by atoms with van der Waals surface area (Å²) in [6.07, 6.45) is 0. The van der Waals surface area contributed by atoms with Gasteiger partial charge in [-0.15, -0.1) is 0 Å². The normalized spacial score (nSPS) is 15.8. The van der Waals surface area contributed by atoms with Gasteiger partial charge in [-0.1, -0.05) is 24.3 Å². The lowest BCUT2D eigenvalue weighted by Crippen LogP contribution is -3.00. The molecule has 0 saturated heterocycles. The first-order valence-corrected chi connectivity index (χ1v) is 12.1. The summed E-state index contributed by atoms with van der Waals surface area (Å²) in [5.74, 6) is 0. The van der Waals surface area contributed by atoms with Crippen LogP contribution in [0.25, 0.3) is 0 Å². The second kappa shape index (κ2) is 9.03. The zero-order valence-corrected chi connectivity index (χ0v) is 19.9. The topological polar surface area (TPSA) is 89.5 Å². The molecule has 1 unspecified atom stereocenters. The molecule has 1 atom stereocenters. The van der Waals surface area contributed by atoms with Crippen LogP contribution in [0.5, 0.6) is 0 Å². The van der Waals surface area contributed by atoms with Gasteiger partial charge in [0, 0.05) is 24.7 Å². The van der Waals surface area contributed by atoms with E-state index in [0.717, 1.165) is 31.2 Å². The van der Waals surface area contributed by atoms with Gasteiger partial charge in [-0.2, -0.15) is 4.58 Å².